The fourth-order valence-electron chi connectivity index (χ4n) is 4.45. The topological polar surface area (TPSA) is 94.6 Å². The number of Topliss-reactive ketones (excluding diaryl/α,β-unsaturated/α-hetero) is 1. The van der Waals surface area contributed by atoms with Crippen molar-refractivity contribution in [1.82, 2.24) is 0 Å². The Morgan fingerprint density at radius 1 is 1.15 bits per heavy atom. The minimum atomic E-state index is -0.595. The van der Waals surface area contributed by atoms with Crippen LogP contribution in [-0.2, 0) is 16.1 Å². The van der Waals surface area contributed by atoms with E-state index >= 15 is 0 Å². The number of allylic oxidation sites excluding steroid dienone is 3. The number of methoxy groups -OCH3 is 1. The second-order valence-corrected chi connectivity index (χ2v) is 9.39. The summed E-state index contributed by atoms with van der Waals surface area (Å²) in [6.07, 6.45) is 0.970. The number of carbonyl (C=O) groups excluding carboxylic acids is 1. The number of ether oxygens (including phenoxy) is 3. The van der Waals surface area contributed by atoms with Crippen molar-refractivity contribution in [2.24, 2.45) is 11.1 Å². The van der Waals surface area contributed by atoms with E-state index < -0.39 is 5.92 Å². The summed E-state index contributed by atoms with van der Waals surface area (Å²) in [7, 11) is 1.57. The first kappa shape index (κ1) is 22.5. The predicted molar refractivity (Wildman–Crippen MR) is 124 cm³/mol. The molecule has 1 heterocycles. The Balaban J connectivity index is 1.69. The maximum absolute atomic E-state index is 13.1. The molecule has 1 aliphatic carbocycles. The largest absolute Gasteiger partial charge is 0.493 e. The second-order valence-electron chi connectivity index (χ2n) is 9.39. The number of hydrogen-bond donors (Lipinski definition) is 1. The van der Waals surface area contributed by atoms with Gasteiger partial charge < -0.3 is 19.9 Å². The van der Waals surface area contributed by atoms with Gasteiger partial charge in [0.25, 0.3) is 0 Å². The fourth-order valence-corrected chi connectivity index (χ4v) is 4.45. The third-order valence-corrected chi connectivity index (χ3v) is 6.11. The van der Waals surface area contributed by atoms with Crippen LogP contribution in [0.4, 0.5) is 0 Å². The maximum Gasteiger partial charge on any atom is 0.205 e. The summed E-state index contributed by atoms with van der Waals surface area (Å²) in [6.45, 7) is 6.48. The van der Waals surface area contributed by atoms with E-state index in [2.05, 4.69) is 6.07 Å². The molecule has 2 aromatic carbocycles. The van der Waals surface area contributed by atoms with Crippen molar-refractivity contribution in [3.05, 3.63) is 81.9 Å². The van der Waals surface area contributed by atoms with E-state index in [4.69, 9.17) is 19.9 Å². The molecule has 0 fully saturated rings. The average Bonchev–Trinajstić information content (AvgIpc) is 2.77. The average molecular weight is 445 g/mol. The number of aryl methyl sites for hydroxylation is 1. The molecule has 2 N–H and O–H groups in total. The molecule has 4 rings (SSSR count). The molecule has 0 saturated heterocycles. The highest BCUT2D eigenvalue weighted by Crippen LogP contribution is 2.48. The van der Waals surface area contributed by atoms with Gasteiger partial charge in [-0.3, -0.25) is 4.79 Å². The van der Waals surface area contributed by atoms with Crippen molar-refractivity contribution in [2.45, 2.75) is 46.1 Å². The zero-order chi connectivity index (χ0) is 23.8. The Bertz CT molecular complexity index is 1200. The van der Waals surface area contributed by atoms with Crippen LogP contribution in [0.2, 0.25) is 0 Å². The van der Waals surface area contributed by atoms with Crippen LogP contribution in [0.15, 0.2) is 65.3 Å². The lowest BCUT2D eigenvalue weighted by atomic mass is 9.70. The summed E-state index contributed by atoms with van der Waals surface area (Å²) >= 11 is 0. The molecule has 0 aromatic heterocycles. The Hall–Kier alpha value is -3.72. The molecule has 2 aromatic rings. The number of nitrogens with zero attached hydrogens (tertiary/aromatic N) is 1. The fraction of sp³-hybridized carbons (Fsp3) is 0.333. The van der Waals surface area contributed by atoms with Crippen molar-refractivity contribution in [2.75, 3.05) is 7.11 Å². The summed E-state index contributed by atoms with van der Waals surface area (Å²) in [4.78, 5) is 13.1. The second kappa shape index (κ2) is 8.67. The van der Waals surface area contributed by atoms with Crippen molar-refractivity contribution in [3.63, 3.8) is 0 Å². The molecule has 1 aliphatic heterocycles. The molecule has 0 amide bonds. The number of benzene rings is 2. The molecule has 2 aliphatic rings. The lowest BCUT2D eigenvalue weighted by Gasteiger charge is -2.37. The molecule has 0 spiro atoms. The number of carbonyl (C=O) groups is 1. The third-order valence-electron chi connectivity index (χ3n) is 6.11. The van der Waals surface area contributed by atoms with Crippen LogP contribution in [0.5, 0.6) is 11.5 Å². The van der Waals surface area contributed by atoms with Crippen LogP contribution in [0.3, 0.4) is 0 Å². The Labute approximate surface area is 194 Å². The number of ketones is 1. The molecule has 6 nitrogen and oxygen atoms in total. The molecule has 33 heavy (non-hydrogen) atoms. The molecular weight excluding hydrogens is 416 g/mol. The summed E-state index contributed by atoms with van der Waals surface area (Å²) in [5, 5.41) is 9.83. The van der Waals surface area contributed by atoms with Crippen LogP contribution in [0.25, 0.3) is 0 Å². The SMILES string of the molecule is COc1cc(C2C(C#N)=C(N)OC3=C2C(=O)CC(C)(C)C3)ccc1OCc1ccc(C)cc1. The molecular formula is C27H28N2O4. The van der Waals surface area contributed by atoms with E-state index in [0.29, 0.717) is 42.3 Å². The van der Waals surface area contributed by atoms with Gasteiger partial charge in [0.05, 0.1) is 13.0 Å². The quantitative estimate of drug-likeness (QED) is 0.695. The minimum Gasteiger partial charge on any atom is -0.493 e. The summed E-state index contributed by atoms with van der Waals surface area (Å²) in [5.74, 6) is 1.08. The lowest BCUT2D eigenvalue weighted by Crippen LogP contribution is -2.33. The number of nitriles is 1. The Morgan fingerprint density at radius 3 is 2.55 bits per heavy atom. The maximum atomic E-state index is 13.1. The van der Waals surface area contributed by atoms with Crippen LogP contribution >= 0.6 is 0 Å². The number of hydrogen-bond acceptors (Lipinski definition) is 6. The molecule has 0 bridgehead atoms. The molecule has 1 atom stereocenters. The highest BCUT2D eigenvalue weighted by atomic mass is 16.5. The van der Waals surface area contributed by atoms with Crippen molar-refractivity contribution >= 4 is 5.78 Å². The first-order chi connectivity index (χ1) is 15.7. The molecule has 170 valence electrons. The summed E-state index contributed by atoms with van der Waals surface area (Å²) < 4.78 is 17.3. The summed E-state index contributed by atoms with van der Waals surface area (Å²) in [6, 6.07) is 15.7. The van der Waals surface area contributed by atoms with Crippen molar-refractivity contribution in [1.29, 1.82) is 5.26 Å². The van der Waals surface area contributed by atoms with Crippen LogP contribution in [0, 0.1) is 23.7 Å². The Kier molecular flexibility index (Phi) is 5.90. The highest BCUT2D eigenvalue weighted by molar-refractivity contribution is 6.00. The van der Waals surface area contributed by atoms with Gasteiger partial charge in [0.1, 0.15) is 24.0 Å². The van der Waals surface area contributed by atoms with Gasteiger partial charge in [-0.25, -0.2) is 0 Å². The van der Waals surface area contributed by atoms with Gasteiger partial charge in [0.2, 0.25) is 5.88 Å². The van der Waals surface area contributed by atoms with Gasteiger partial charge in [-0.1, -0.05) is 49.7 Å². The van der Waals surface area contributed by atoms with Gasteiger partial charge >= 0.3 is 0 Å². The highest BCUT2D eigenvalue weighted by Gasteiger charge is 2.43. The predicted octanol–water partition coefficient (Wildman–Crippen LogP) is 5.03. The van der Waals surface area contributed by atoms with Gasteiger partial charge in [0, 0.05) is 18.4 Å². The minimum absolute atomic E-state index is 0.0230. The lowest BCUT2D eigenvalue weighted by molar-refractivity contribution is -0.119. The first-order valence-corrected chi connectivity index (χ1v) is 10.9. The zero-order valence-electron chi connectivity index (χ0n) is 19.4. The normalized spacial score (nSPS) is 19.5. The van der Waals surface area contributed by atoms with E-state index in [-0.39, 0.29) is 22.7 Å². The van der Waals surface area contributed by atoms with Gasteiger partial charge in [-0.2, -0.15) is 5.26 Å². The number of rotatable bonds is 5. The van der Waals surface area contributed by atoms with Gasteiger partial charge in [0.15, 0.2) is 17.3 Å². The zero-order valence-corrected chi connectivity index (χ0v) is 19.4. The van der Waals surface area contributed by atoms with Crippen molar-refractivity contribution in [3.8, 4) is 17.6 Å². The van der Waals surface area contributed by atoms with Gasteiger partial charge in [-0.05, 0) is 35.6 Å². The smallest absolute Gasteiger partial charge is 0.205 e. The summed E-state index contributed by atoms with van der Waals surface area (Å²) in [5.41, 5.74) is 9.60. The van der Waals surface area contributed by atoms with E-state index in [0.717, 1.165) is 11.1 Å². The van der Waals surface area contributed by atoms with E-state index in [9.17, 15) is 10.1 Å². The van der Waals surface area contributed by atoms with E-state index in [1.165, 1.54) is 5.56 Å². The van der Waals surface area contributed by atoms with Gasteiger partial charge in [-0.15, -0.1) is 0 Å². The Morgan fingerprint density at radius 2 is 1.88 bits per heavy atom. The molecule has 1 unspecified atom stereocenters. The molecule has 6 heteroatoms. The van der Waals surface area contributed by atoms with E-state index in [1.54, 1.807) is 13.2 Å². The van der Waals surface area contributed by atoms with E-state index in [1.807, 2.05) is 57.2 Å². The van der Waals surface area contributed by atoms with Crippen LogP contribution in [0.1, 0.15) is 49.3 Å². The first-order valence-electron chi connectivity index (χ1n) is 10.9. The monoisotopic (exact) mass is 444 g/mol. The standard InChI is InChI=1S/C27H28N2O4/c1-16-5-7-17(8-6-16)15-32-21-10-9-18(11-22(21)31-4)24-19(14-28)26(29)33-23-13-27(2,3)12-20(30)25(23)24/h5-11,24H,12-13,15,29H2,1-4H3. The van der Waals surface area contributed by atoms with Crippen LogP contribution in [-0.4, -0.2) is 12.9 Å². The van der Waals surface area contributed by atoms with Crippen LogP contribution < -0.4 is 15.2 Å². The molecule has 0 radical (unpaired) electrons. The number of nitrogens with two attached hydrogens (primary N) is 1. The molecule has 0 saturated carbocycles. The third kappa shape index (κ3) is 4.45. The van der Waals surface area contributed by atoms with Crippen molar-refractivity contribution < 1.29 is 19.0 Å².